The molecule has 1 aliphatic rings. The summed E-state index contributed by atoms with van der Waals surface area (Å²) in [5.41, 5.74) is 0. The second-order valence-electron chi connectivity index (χ2n) is 5.64. The molecule has 1 N–H and O–H groups in total. The van der Waals surface area contributed by atoms with Crippen molar-refractivity contribution < 1.29 is 9.53 Å². The molecule has 1 fully saturated rings. The Balaban J connectivity index is 1.77. The lowest BCUT2D eigenvalue weighted by Gasteiger charge is -2.19. The zero-order chi connectivity index (χ0) is 14.7. The van der Waals surface area contributed by atoms with Gasteiger partial charge in [0.25, 0.3) is 5.91 Å². The summed E-state index contributed by atoms with van der Waals surface area (Å²) in [4.78, 5) is 16.1. The standard InChI is InChI=1S/C15H24N2O2S/c1-10-5-8-14(20-10)11(2)16-9-12-6-7-13(19-12)15(18)17(3)4/h5,8,11-13,16H,6-7,9H2,1-4H3/t11-,12-,13-/m0/s1. The van der Waals surface area contributed by atoms with Crippen LogP contribution in [0.15, 0.2) is 12.1 Å². The lowest BCUT2D eigenvalue weighted by molar-refractivity contribution is -0.140. The summed E-state index contributed by atoms with van der Waals surface area (Å²) in [6.07, 6.45) is 1.67. The van der Waals surface area contributed by atoms with Gasteiger partial charge in [-0.1, -0.05) is 0 Å². The normalized spacial score (nSPS) is 23.8. The van der Waals surface area contributed by atoms with E-state index in [4.69, 9.17) is 4.74 Å². The first-order chi connectivity index (χ1) is 9.47. The molecule has 2 rings (SSSR count). The molecule has 2 heterocycles. The molecule has 0 bridgehead atoms. The van der Waals surface area contributed by atoms with Gasteiger partial charge in [-0.3, -0.25) is 4.79 Å². The van der Waals surface area contributed by atoms with Crippen LogP contribution in [0.4, 0.5) is 0 Å². The van der Waals surface area contributed by atoms with Crippen LogP contribution in [-0.4, -0.2) is 43.7 Å². The maximum atomic E-state index is 11.8. The highest BCUT2D eigenvalue weighted by Gasteiger charge is 2.31. The summed E-state index contributed by atoms with van der Waals surface area (Å²) < 4.78 is 5.83. The van der Waals surface area contributed by atoms with E-state index < -0.39 is 0 Å². The quantitative estimate of drug-likeness (QED) is 0.907. The largest absolute Gasteiger partial charge is 0.364 e. The summed E-state index contributed by atoms with van der Waals surface area (Å²) in [6.45, 7) is 5.09. The molecule has 4 nitrogen and oxygen atoms in total. The van der Waals surface area contributed by atoms with Crippen molar-refractivity contribution in [3.63, 3.8) is 0 Å². The van der Waals surface area contributed by atoms with E-state index >= 15 is 0 Å². The van der Waals surface area contributed by atoms with E-state index in [0.29, 0.717) is 6.04 Å². The van der Waals surface area contributed by atoms with Gasteiger partial charge in [-0.25, -0.2) is 0 Å². The van der Waals surface area contributed by atoms with Crippen LogP contribution in [0.2, 0.25) is 0 Å². The van der Waals surface area contributed by atoms with Gasteiger partial charge in [-0.2, -0.15) is 0 Å². The highest BCUT2D eigenvalue weighted by molar-refractivity contribution is 7.12. The number of aryl methyl sites for hydroxylation is 1. The Kier molecular flexibility index (Phi) is 5.18. The Morgan fingerprint density at radius 3 is 2.85 bits per heavy atom. The zero-order valence-corrected chi connectivity index (χ0v) is 13.5. The molecule has 0 radical (unpaired) electrons. The minimum Gasteiger partial charge on any atom is -0.364 e. The number of thiophene rings is 1. The van der Waals surface area contributed by atoms with E-state index in [1.807, 2.05) is 11.3 Å². The molecule has 0 aliphatic carbocycles. The van der Waals surface area contributed by atoms with E-state index in [0.717, 1.165) is 19.4 Å². The summed E-state index contributed by atoms with van der Waals surface area (Å²) >= 11 is 1.82. The first kappa shape index (κ1) is 15.5. The Hall–Kier alpha value is -0.910. The van der Waals surface area contributed by atoms with Crippen LogP contribution in [0.3, 0.4) is 0 Å². The molecule has 112 valence electrons. The number of likely N-dealkylation sites (N-methyl/N-ethyl adjacent to an activating group) is 1. The molecular formula is C15H24N2O2S. The third kappa shape index (κ3) is 3.81. The van der Waals surface area contributed by atoms with Gasteiger partial charge in [0.2, 0.25) is 0 Å². The highest BCUT2D eigenvalue weighted by atomic mass is 32.1. The van der Waals surface area contributed by atoms with E-state index in [1.165, 1.54) is 9.75 Å². The van der Waals surface area contributed by atoms with Gasteiger partial charge in [-0.15, -0.1) is 11.3 Å². The lowest BCUT2D eigenvalue weighted by Crippen LogP contribution is -2.35. The van der Waals surface area contributed by atoms with Gasteiger partial charge in [0.15, 0.2) is 0 Å². The Labute approximate surface area is 125 Å². The number of nitrogens with one attached hydrogen (secondary N) is 1. The molecule has 0 saturated carbocycles. The van der Waals surface area contributed by atoms with Gasteiger partial charge in [-0.05, 0) is 38.8 Å². The molecule has 1 saturated heterocycles. The van der Waals surface area contributed by atoms with Crippen molar-refractivity contribution in [3.05, 3.63) is 21.9 Å². The molecule has 0 unspecified atom stereocenters. The van der Waals surface area contributed by atoms with E-state index in [9.17, 15) is 4.79 Å². The van der Waals surface area contributed by atoms with Crippen molar-refractivity contribution in [2.24, 2.45) is 0 Å². The number of hydrogen-bond acceptors (Lipinski definition) is 4. The van der Waals surface area contributed by atoms with Gasteiger partial charge in [0.05, 0.1) is 6.10 Å². The van der Waals surface area contributed by atoms with Crippen molar-refractivity contribution in [1.82, 2.24) is 10.2 Å². The second kappa shape index (κ2) is 6.70. The van der Waals surface area contributed by atoms with Gasteiger partial charge in [0, 0.05) is 36.4 Å². The average Bonchev–Trinajstić information content (AvgIpc) is 3.03. The van der Waals surface area contributed by atoms with Crippen molar-refractivity contribution in [1.29, 1.82) is 0 Å². The lowest BCUT2D eigenvalue weighted by atomic mass is 10.1. The molecule has 1 amide bonds. The van der Waals surface area contributed by atoms with Crippen molar-refractivity contribution in [3.8, 4) is 0 Å². The molecule has 1 aliphatic heterocycles. The summed E-state index contributed by atoms with van der Waals surface area (Å²) in [5.74, 6) is 0.0782. The zero-order valence-electron chi connectivity index (χ0n) is 12.7. The SMILES string of the molecule is Cc1ccc([C@H](C)NC[C@@H]2CC[C@@H](C(=O)N(C)C)O2)s1. The third-order valence-corrected chi connectivity index (χ3v) is 4.85. The number of amides is 1. The van der Waals surface area contributed by atoms with Crippen molar-refractivity contribution >= 4 is 17.2 Å². The van der Waals surface area contributed by atoms with Crippen LogP contribution in [0.5, 0.6) is 0 Å². The maximum Gasteiger partial charge on any atom is 0.251 e. The van der Waals surface area contributed by atoms with Crippen LogP contribution < -0.4 is 5.32 Å². The van der Waals surface area contributed by atoms with E-state index in [2.05, 4.69) is 31.3 Å². The van der Waals surface area contributed by atoms with Crippen LogP contribution >= 0.6 is 11.3 Å². The third-order valence-electron chi connectivity index (χ3n) is 3.66. The van der Waals surface area contributed by atoms with Gasteiger partial charge < -0.3 is 15.0 Å². The van der Waals surface area contributed by atoms with E-state index in [-0.39, 0.29) is 18.1 Å². The van der Waals surface area contributed by atoms with Crippen molar-refractivity contribution in [2.45, 2.75) is 44.9 Å². The predicted molar refractivity (Wildman–Crippen MR) is 82.1 cm³/mol. The smallest absolute Gasteiger partial charge is 0.251 e. The van der Waals surface area contributed by atoms with E-state index in [1.54, 1.807) is 19.0 Å². The van der Waals surface area contributed by atoms with Crippen LogP contribution in [0.1, 0.15) is 35.6 Å². The fraction of sp³-hybridized carbons (Fsp3) is 0.667. The molecular weight excluding hydrogens is 272 g/mol. The summed E-state index contributed by atoms with van der Waals surface area (Å²) in [7, 11) is 3.55. The molecule has 5 heteroatoms. The summed E-state index contributed by atoms with van der Waals surface area (Å²) in [5, 5.41) is 3.50. The first-order valence-corrected chi connectivity index (χ1v) is 7.95. The Morgan fingerprint density at radius 2 is 2.25 bits per heavy atom. The highest BCUT2D eigenvalue weighted by Crippen LogP contribution is 2.24. The minimum absolute atomic E-state index is 0.0782. The summed E-state index contributed by atoms with van der Waals surface area (Å²) in [6, 6.07) is 4.66. The Bertz CT molecular complexity index is 458. The minimum atomic E-state index is -0.254. The Morgan fingerprint density at radius 1 is 1.50 bits per heavy atom. The second-order valence-corrected chi connectivity index (χ2v) is 6.95. The fourth-order valence-electron chi connectivity index (χ4n) is 2.42. The molecule has 20 heavy (non-hydrogen) atoms. The average molecular weight is 296 g/mol. The van der Waals surface area contributed by atoms with Gasteiger partial charge in [0.1, 0.15) is 6.10 Å². The number of ether oxygens (including phenoxy) is 1. The van der Waals surface area contributed by atoms with Crippen LogP contribution in [-0.2, 0) is 9.53 Å². The molecule has 3 atom stereocenters. The van der Waals surface area contributed by atoms with Crippen LogP contribution in [0.25, 0.3) is 0 Å². The number of carbonyl (C=O) groups is 1. The predicted octanol–water partition coefficient (Wildman–Crippen LogP) is 2.34. The molecule has 0 aromatic carbocycles. The maximum absolute atomic E-state index is 11.8. The number of carbonyl (C=O) groups excluding carboxylic acids is 1. The monoisotopic (exact) mass is 296 g/mol. The first-order valence-electron chi connectivity index (χ1n) is 7.13. The molecule has 0 spiro atoms. The number of hydrogen-bond donors (Lipinski definition) is 1. The molecule has 1 aromatic heterocycles. The van der Waals surface area contributed by atoms with Crippen LogP contribution in [0, 0.1) is 6.92 Å². The topological polar surface area (TPSA) is 41.6 Å². The number of rotatable bonds is 5. The van der Waals surface area contributed by atoms with Gasteiger partial charge >= 0.3 is 0 Å². The van der Waals surface area contributed by atoms with Crippen molar-refractivity contribution in [2.75, 3.05) is 20.6 Å². The number of nitrogens with zero attached hydrogens (tertiary/aromatic N) is 1. The molecule has 1 aromatic rings. The fourth-order valence-corrected chi connectivity index (χ4v) is 3.32.